The number of nitrogens with zero attached hydrogens (tertiary/aromatic N) is 1. The zero-order chi connectivity index (χ0) is 13.4. The first kappa shape index (κ1) is 15.3. The Morgan fingerprint density at radius 2 is 1.65 bits per heavy atom. The number of ether oxygens (including phenoxy) is 1. The van der Waals surface area contributed by atoms with Gasteiger partial charge >= 0.3 is 0 Å². The van der Waals surface area contributed by atoms with Crippen molar-refractivity contribution in [2.24, 2.45) is 17.2 Å². The average molecular weight is 246 g/mol. The Bertz CT molecular complexity index is 275. The second-order valence-corrected chi connectivity index (χ2v) is 3.48. The van der Waals surface area contributed by atoms with E-state index in [4.69, 9.17) is 21.9 Å². The minimum Gasteiger partial charge on any atom is -0.380 e. The third kappa shape index (κ3) is 6.48. The van der Waals surface area contributed by atoms with Crippen LogP contribution in [0, 0.1) is 0 Å². The van der Waals surface area contributed by atoms with Crippen molar-refractivity contribution in [1.29, 1.82) is 0 Å². The van der Waals surface area contributed by atoms with Crippen LogP contribution in [0.25, 0.3) is 0 Å². The molecule has 0 bridgehead atoms. The lowest BCUT2D eigenvalue weighted by atomic mass is 10.2. The zero-order valence-electron chi connectivity index (χ0n) is 9.72. The molecule has 0 aliphatic heterocycles. The van der Waals surface area contributed by atoms with E-state index in [1.807, 2.05) is 0 Å². The third-order valence-corrected chi connectivity index (χ3v) is 2.04. The molecule has 6 N–H and O–H groups in total. The van der Waals surface area contributed by atoms with E-state index in [-0.39, 0.29) is 26.1 Å². The maximum Gasteiger partial charge on any atom is 0.237 e. The van der Waals surface area contributed by atoms with Crippen LogP contribution in [-0.4, -0.2) is 55.5 Å². The highest BCUT2D eigenvalue weighted by molar-refractivity contribution is 5.88. The van der Waals surface area contributed by atoms with Crippen molar-refractivity contribution in [1.82, 2.24) is 4.90 Å². The topological polar surface area (TPSA) is 142 Å². The molecule has 0 heterocycles. The second-order valence-electron chi connectivity index (χ2n) is 3.48. The van der Waals surface area contributed by atoms with Gasteiger partial charge in [0.25, 0.3) is 0 Å². The molecule has 0 radical (unpaired) electrons. The molecule has 1 unspecified atom stereocenters. The van der Waals surface area contributed by atoms with E-state index in [0.717, 1.165) is 4.90 Å². The van der Waals surface area contributed by atoms with Gasteiger partial charge in [-0.15, -0.1) is 0 Å². The molecule has 0 aromatic heterocycles. The summed E-state index contributed by atoms with van der Waals surface area (Å²) in [6, 6.07) is 0. The summed E-state index contributed by atoms with van der Waals surface area (Å²) in [6.07, 6.45) is -0.501. The summed E-state index contributed by atoms with van der Waals surface area (Å²) in [7, 11) is 1.41. The number of carbonyl (C=O) groups excluding carboxylic acids is 3. The van der Waals surface area contributed by atoms with E-state index in [1.54, 1.807) is 0 Å². The van der Waals surface area contributed by atoms with Crippen molar-refractivity contribution >= 4 is 17.7 Å². The largest absolute Gasteiger partial charge is 0.380 e. The van der Waals surface area contributed by atoms with Crippen molar-refractivity contribution < 1.29 is 19.1 Å². The van der Waals surface area contributed by atoms with E-state index >= 15 is 0 Å². The maximum absolute atomic E-state index is 11.7. The van der Waals surface area contributed by atoms with Gasteiger partial charge in [0.15, 0.2) is 0 Å². The highest BCUT2D eigenvalue weighted by atomic mass is 16.5. The van der Waals surface area contributed by atoms with Crippen LogP contribution < -0.4 is 17.2 Å². The quantitative estimate of drug-likeness (QED) is 0.422. The number of carbonyl (C=O) groups is 3. The Morgan fingerprint density at radius 3 is 1.94 bits per heavy atom. The van der Waals surface area contributed by atoms with E-state index in [0.29, 0.717) is 0 Å². The van der Waals surface area contributed by atoms with Gasteiger partial charge in [0.2, 0.25) is 17.7 Å². The number of rotatable bonds is 8. The minimum absolute atomic E-state index is 0.0342. The van der Waals surface area contributed by atoms with Crippen LogP contribution in [-0.2, 0) is 19.1 Å². The summed E-state index contributed by atoms with van der Waals surface area (Å²) in [6.45, 7) is -0.561. The predicted molar refractivity (Wildman–Crippen MR) is 59.4 cm³/mol. The standard InChI is InChI=1S/C9H18N4O4/c1-17-6(3-10)2-9(16)13(4-7(11)14)5-8(12)15/h6H,2-5,10H2,1H3,(H2,11,14)(H2,12,15). The molecule has 0 spiro atoms. The number of primary amides is 2. The van der Waals surface area contributed by atoms with Gasteiger partial charge in [-0.05, 0) is 0 Å². The molecule has 1 atom stereocenters. The first-order valence-corrected chi connectivity index (χ1v) is 4.98. The zero-order valence-corrected chi connectivity index (χ0v) is 9.72. The lowest BCUT2D eigenvalue weighted by Crippen LogP contribution is -2.45. The van der Waals surface area contributed by atoms with Crippen molar-refractivity contribution in [3.63, 3.8) is 0 Å². The Labute approximate surface area is 99.0 Å². The molecule has 0 fully saturated rings. The van der Waals surface area contributed by atoms with Gasteiger partial charge in [0.1, 0.15) is 0 Å². The molecule has 0 aromatic rings. The molecule has 0 aliphatic rings. The van der Waals surface area contributed by atoms with Crippen molar-refractivity contribution in [3.05, 3.63) is 0 Å². The van der Waals surface area contributed by atoms with Crippen LogP contribution in [0.2, 0.25) is 0 Å². The maximum atomic E-state index is 11.7. The Balaban J connectivity index is 4.50. The fraction of sp³-hybridized carbons (Fsp3) is 0.667. The van der Waals surface area contributed by atoms with Crippen LogP contribution in [0.3, 0.4) is 0 Å². The monoisotopic (exact) mass is 246 g/mol. The SMILES string of the molecule is COC(CN)CC(=O)N(CC(N)=O)CC(N)=O. The van der Waals surface area contributed by atoms with E-state index in [9.17, 15) is 14.4 Å². The van der Waals surface area contributed by atoms with Gasteiger partial charge in [-0.25, -0.2) is 0 Å². The predicted octanol–water partition coefficient (Wildman–Crippen LogP) is -2.85. The Morgan fingerprint density at radius 1 is 1.18 bits per heavy atom. The summed E-state index contributed by atoms with van der Waals surface area (Å²) >= 11 is 0. The fourth-order valence-corrected chi connectivity index (χ4v) is 1.20. The van der Waals surface area contributed by atoms with E-state index in [2.05, 4.69) is 0 Å². The first-order chi connectivity index (χ1) is 7.90. The highest BCUT2D eigenvalue weighted by Gasteiger charge is 2.21. The summed E-state index contributed by atoms with van der Waals surface area (Å²) in [5.41, 5.74) is 15.3. The molecule has 0 rings (SSSR count). The number of nitrogens with two attached hydrogens (primary N) is 3. The van der Waals surface area contributed by atoms with Crippen molar-refractivity contribution in [3.8, 4) is 0 Å². The molecule has 0 saturated carbocycles. The van der Waals surface area contributed by atoms with Gasteiger partial charge < -0.3 is 26.8 Å². The van der Waals surface area contributed by atoms with Crippen LogP contribution >= 0.6 is 0 Å². The molecule has 8 nitrogen and oxygen atoms in total. The fourth-order valence-electron chi connectivity index (χ4n) is 1.20. The number of hydrogen-bond acceptors (Lipinski definition) is 5. The van der Waals surface area contributed by atoms with Crippen molar-refractivity contribution in [2.75, 3.05) is 26.7 Å². The molecule has 3 amide bonds. The van der Waals surface area contributed by atoms with Gasteiger partial charge in [0.05, 0.1) is 25.6 Å². The van der Waals surface area contributed by atoms with Crippen LogP contribution in [0.5, 0.6) is 0 Å². The molecule has 0 aliphatic carbocycles. The van der Waals surface area contributed by atoms with Gasteiger partial charge in [-0.1, -0.05) is 0 Å². The smallest absolute Gasteiger partial charge is 0.237 e. The van der Waals surface area contributed by atoms with E-state index < -0.39 is 23.8 Å². The van der Waals surface area contributed by atoms with Gasteiger partial charge in [-0.2, -0.15) is 0 Å². The lowest BCUT2D eigenvalue weighted by molar-refractivity contribution is -0.139. The Hall–Kier alpha value is -1.67. The Kier molecular flexibility index (Phi) is 6.83. The van der Waals surface area contributed by atoms with Crippen LogP contribution in [0.15, 0.2) is 0 Å². The van der Waals surface area contributed by atoms with E-state index in [1.165, 1.54) is 7.11 Å². The molecule has 98 valence electrons. The molecule has 8 heteroatoms. The van der Waals surface area contributed by atoms with Crippen molar-refractivity contribution in [2.45, 2.75) is 12.5 Å². The third-order valence-electron chi connectivity index (χ3n) is 2.04. The molecule has 17 heavy (non-hydrogen) atoms. The highest BCUT2D eigenvalue weighted by Crippen LogP contribution is 2.01. The minimum atomic E-state index is -0.721. The molecular weight excluding hydrogens is 228 g/mol. The van der Waals surface area contributed by atoms with Gasteiger partial charge in [0, 0.05) is 13.7 Å². The normalized spacial score (nSPS) is 11.9. The van der Waals surface area contributed by atoms with Gasteiger partial charge in [-0.3, -0.25) is 14.4 Å². The molecule has 0 saturated heterocycles. The number of amides is 3. The van der Waals surface area contributed by atoms with Crippen LogP contribution in [0.4, 0.5) is 0 Å². The summed E-state index contributed by atoms with van der Waals surface area (Å²) < 4.78 is 4.93. The summed E-state index contributed by atoms with van der Waals surface area (Å²) in [4.78, 5) is 34.2. The van der Waals surface area contributed by atoms with Crippen LogP contribution in [0.1, 0.15) is 6.42 Å². The number of hydrogen-bond donors (Lipinski definition) is 3. The average Bonchev–Trinajstić information content (AvgIpc) is 2.23. The molecular formula is C9H18N4O4. The summed E-state index contributed by atoms with van der Waals surface area (Å²) in [5.74, 6) is -1.90. The number of methoxy groups -OCH3 is 1. The molecule has 0 aromatic carbocycles. The first-order valence-electron chi connectivity index (χ1n) is 4.98. The second kappa shape index (κ2) is 7.58. The lowest BCUT2D eigenvalue weighted by Gasteiger charge is -2.21. The summed E-state index contributed by atoms with van der Waals surface area (Å²) in [5, 5.41) is 0.